The highest BCUT2D eigenvalue weighted by Crippen LogP contribution is 2.12. The van der Waals surface area contributed by atoms with Crippen molar-refractivity contribution in [2.45, 2.75) is 18.9 Å². The number of hydrogen-bond donors (Lipinski definition) is 3. The molecule has 0 spiro atoms. The lowest BCUT2D eigenvalue weighted by molar-refractivity contribution is -0.120. The molecule has 1 amide bonds. The van der Waals surface area contributed by atoms with Gasteiger partial charge in [-0.05, 0) is 24.1 Å². The number of benzene rings is 1. The Kier molecular flexibility index (Phi) is 6.54. The normalized spacial score (nSPS) is 11.9. The molecule has 0 aliphatic heterocycles. The van der Waals surface area contributed by atoms with Gasteiger partial charge in [0.1, 0.15) is 0 Å². The van der Waals surface area contributed by atoms with Crippen LogP contribution in [0.2, 0.25) is 0 Å². The van der Waals surface area contributed by atoms with Crippen LogP contribution in [0.3, 0.4) is 0 Å². The fourth-order valence-corrected chi connectivity index (χ4v) is 1.62. The first-order valence-electron chi connectivity index (χ1n) is 5.93. The highest BCUT2D eigenvalue weighted by atomic mass is 35.5. The molecule has 0 aliphatic carbocycles. The zero-order chi connectivity index (χ0) is 13.4. The molecule has 5 heteroatoms. The van der Waals surface area contributed by atoms with E-state index in [1.807, 2.05) is 24.3 Å². The van der Waals surface area contributed by atoms with Crippen molar-refractivity contribution >= 4 is 23.2 Å². The summed E-state index contributed by atoms with van der Waals surface area (Å²) in [6.07, 6.45) is 0.624. The number of aliphatic hydroxyl groups is 1. The zero-order valence-corrected chi connectivity index (χ0v) is 11.2. The average molecular weight is 271 g/mol. The number of alkyl halides is 1. The van der Waals surface area contributed by atoms with Crippen LogP contribution in [0.15, 0.2) is 24.3 Å². The number of halogens is 1. The standard InChI is InChI=1S/C13H19ClN2O2/c1-15-13(18)6-5-10-3-2-4-11(7-10)16-9-12(17)8-14/h2-4,7,12,16-17H,5-6,8-9H2,1H3,(H,15,18). The van der Waals surface area contributed by atoms with Crippen molar-refractivity contribution < 1.29 is 9.90 Å². The Balaban J connectivity index is 2.48. The van der Waals surface area contributed by atoms with Gasteiger partial charge in [0.15, 0.2) is 0 Å². The van der Waals surface area contributed by atoms with E-state index in [0.29, 0.717) is 19.4 Å². The van der Waals surface area contributed by atoms with E-state index in [2.05, 4.69) is 10.6 Å². The largest absolute Gasteiger partial charge is 0.390 e. The van der Waals surface area contributed by atoms with Gasteiger partial charge in [0.05, 0.1) is 12.0 Å². The van der Waals surface area contributed by atoms with Crippen molar-refractivity contribution in [3.05, 3.63) is 29.8 Å². The Hall–Kier alpha value is -1.26. The summed E-state index contributed by atoms with van der Waals surface area (Å²) in [7, 11) is 1.63. The second-order valence-electron chi connectivity index (χ2n) is 4.06. The molecule has 3 N–H and O–H groups in total. The van der Waals surface area contributed by atoms with Crippen LogP contribution in [0, 0.1) is 0 Å². The first-order valence-corrected chi connectivity index (χ1v) is 6.46. The van der Waals surface area contributed by atoms with E-state index >= 15 is 0 Å². The Bertz CT molecular complexity index is 385. The van der Waals surface area contributed by atoms with Gasteiger partial charge in [-0.15, -0.1) is 11.6 Å². The number of anilines is 1. The summed E-state index contributed by atoms with van der Waals surface area (Å²) >= 11 is 5.52. The number of aryl methyl sites for hydroxylation is 1. The fourth-order valence-electron chi connectivity index (χ4n) is 1.51. The summed E-state index contributed by atoms with van der Waals surface area (Å²) in [5.41, 5.74) is 2.01. The smallest absolute Gasteiger partial charge is 0.220 e. The summed E-state index contributed by atoms with van der Waals surface area (Å²) in [4.78, 5) is 11.1. The van der Waals surface area contributed by atoms with Crippen molar-refractivity contribution in [3.8, 4) is 0 Å². The molecule has 100 valence electrons. The van der Waals surface area contributed by atoms with E-state index < -0.39 is 6.10 Å². The van der Waals surface area contributed by atoms with Crippen LogP contribution in [-0.4, -0.2) is 36.6 Å². The lowest BCUT2D eigenvalue weighted by Crippen LogP contribution is -2.20. The molecule has 0 aromatic heterocycles. The molecule has 1 rings (SSSR count). The second kappa shape index (κ2) is 7.95. The van der Waals surface area contributed by atoms with Crippen LogP contribution in [0.25, 0.3) is 0 Å². The van der Waals surface area contributed by atoms with Gasteiger partial charge in [-0.3, -0.25) is 4.79 Å². The van der Waals surface area contributed by atoms with E-state index in [4.69, 9.17) is 11.6 Å². The van der Waals surface area contributed by atoms with Gasteiger partial charge >= 0.3 is 0 Å². The Morgan fingerprint density at radius 2 is 2.28 bits per heavy atom. The number of amides is 1. The third-order valence-corrected chi connectivity index (χ3v) is 2.92. The van der Waals surface area contributed by atoms with E-state index in [9.17, 15) is 9.90 Å². The SMILES string of the molecule is CNC(=O)CCc1cccc(NCC(O)CCl)c1. The van der Waals surface area contributed by atoms with Crippen LogP contribution >= 0.6 is 11.6 Å². The number of carbonyl (C=O) groups is 1. The molecule has 1 aromatic rings. The van der Waals surface area contributed by atoms with Gasteiger partial charge in [-0.25, -0.2) is 0 Å². The van der Waals surface area contributed by atoms with Gasteiger partial charge in [0, 0.05) is 25.7 Å². The number of rotatable bonds is 7. The first-order chi connectivity index (χ1) is 8.65. The van der Waals surface area contributed by atoms with Crippen molar-refractivity contribution in [2.75, 3.05) is 24.8 Å². The van der Waals surface area contributed by atoms with E-state index in [1.165, 1.54) is 0 Å². The molecule has 0 saturated carbocycles. The molecule has 0 aliphatic rings. The molecular formula is C13H19ClN2O2. The van der Waals surface area contributed by atoms with Crippen molar-refractivity contribution in [1.29, 1.82) is 0 Å². The van der Waals surface area contributed by atoms with Crippen LogP contribution in [0.1, 0.15) is 12.0 Å². The molecule has 4 nitrogen and oxygen atoms in total. The summed E-state index contributed by atoms with van der Waals surface area (Å²) in [5.74, 6) is 0.245. The lowest BCUT2D eigenvalue weighted by atomic mass is 10.1. The van der Waals surface area contributed by atoms with E-state index in [0.717, 1.165) is 11.3 Å². The van der Waals surface area contributed by atoms with Gasteiger partial charge in [0.25, 0.3) is 0 Å². The Labute approximate surface area is 112 Å². The molecule has 0 saturated heterocycles. The minimum absolute atomic E-state index is 0.0333. The minimum atomic E-state index is -0.554. The third kappa shape index (κ3) is 5.38. The number of hydrogen-bond acceptors (Lipinski definition) is 3. The number of aliphatic hydroxyl groups excluding tert-OH is 1. The molecule has 0 heterocycles. The topological polar surface area (TPSA) is 61.4 Å². The monoisotopic (exact) mass is 270 g/mol. The molecule has 0 radical (unpaired) electrons. The van der Waals surface area contributed by atoms with Gasteiger partial charge < -0.3 is 15.7 Å². The molecular weight excluding hydrogens is 252 g/mol. The molecule has 1 atom stereocenters. The van der Waals surface area contributed by atoms with E-state index in [1.54, 1.807) is 7.05 Å². The Morgan fingerprint density at radius 1 is 1.50 bits per heavy atom. The van der Waals surface area contributed by atoms with Crippen LogP contribution in [-0.2, 0) is 11.2 Å². The number of carbonyl (C=O) groups excluding carboxylic acids is 1. The third-order valence-electron chi connectivity index (χ3n) is 2.57. The molecule has 0 bridgehead atoms. The second-order valence-corrected chi connectivity index (χ2v) is 4.37. The molecule has 1 aromatic carbocycles. The van der Waals surface area contributed by atoms with E-state index in [-0.39, 0.29) is 11.8 Å². The highest BCUT2D eigenvalue weighted by molar-refractivity contribution is 6.18. The molecule has 18 heavy (non-hydrogen) atoms. The van der Waals surface area contributed by atoms with Gasteiger partial charge in [0.2, 0.25) is 5.91 Å². The maximum Gasteiger partial charge on any atom is 0.220 e. The summed E-state index contributed by atoms with van der Waals surface area (Å²) < 4.78 is 0. The minimum Gasteiger partial charge on any atom is -0.390 e. The van der Waals surface area contributed by atoms with Gasteiger partial charge in [-0.2, -0.15) is 0 Å². The average Bonchev–Trinajstić information content (AvgIpc) is 2.42. The van der Waals surface area contributed by atoms with Crippen molar-refractivity contribution in [3.63, 3.8) is 0 Å². The predicted octanol–water partition coefficient (Wildman–Crippen LogP) is 1.38. The maximum absolute atomic E-state index is 11.1. The fraction of sp³-hybridized carbons (Fsp3) is 0.462. The number of nitrogens with one attached hydrogen (secondary N) is 2. The summed E-state index contributed by atoms with van der Waals surface area (Å²) in [6, 6.07) is 7.80. The van der Waals surface area contributed by atoms with Crippen LogP contribution in [0.4, 0.5) is 5.69 Å². The quantitative estimate of drug-likeness (QED) is 0.656. The summed E-state index contributed by atoms with van der Waals surface area (Å²) in [6.45, 7) is 0.419. The zero-order valence-electron chi connectivity index (χ0n) is 10.4. The Morgan fingerprint density at radius 3 is 2.94 bits per heavy atom. The predicted molar refractivity (Wildman–Crippen MR) is 74.0 cm³/mol. The molecule has 0 fully saturated rings. The molecule has 1 unspecified atom stereocenters. The summed E-state index contributed by atoms with van der Waals surface area (Å²) in [5, 5.41) is 15.0. The van der Waals surface area contributed by atoms with Crippen molar-refractivity contribution in [1.82, 2.24) is 5.32 Å². The first kappa shape index (κ1) is 14.8. The van der Waals surface area contributed by atoms with Crippen molar-refractivity contribution in [2.24, 2.45) is 0 Å². The van der Waals surface area contributed by atoms with Crippen LogP contribution < -0.4 is 10.6 Å². The van der Waals surface area contributed by atoms with Gasteiger partial charge in [-0.1, -0.05) is 12.1 Å². The maximum atomic E-state index is 11.1. The lowest BCUT2D eigenvalue weighted by Gasteiger charge is -2.11. The van der Waals surface area contributed by atoms with Crippen LogP contribution in [0.5, 0.6) is 0 Å². The highest BCUT2D eigenvalue weighted by Gasteiger charge is 2.03.